The monoisotopic (exact) mass is 332 g/mol. The topological polar surface area (TPSA) is 83.6 Å². The van der Waals surface area contributed by atoms with Crippen molar-refractivity contribution in [3.8, 4) is 0 Å². The van der Waals surface area contributed by atoms with Crippen molar-refractivity contribution in [2.45, 2.75) is 6.18 Å². The molecule has 0 saturated carbocycles. The molecule has 0 unspecified atom stereocenters. The fourth-order valence-electron chi connectivity index (χ4n) is 1.91. The van der Waals surface area contributed by atoms with Gasteiger partial charge in [-0.3, -0.25) is 9.59 Å². The van der Waals surface area contributed by atoms with Crippen molar-refractivity contribution >= 4 is 23.3 Å². The molecule has 126 valence electrons. The lowest BCUT2D eigenvalue weighted by Gasteiger charge is -2.27. The third kappa shape index (κ3) is 5.09. The Balaban J connectivity index is 1.83. The first-order valence-corrected chi connectivity index (χ1v) is 6.80. The van der Waals surface area contributed by atoms with Crippen molar-refractivity contribution in [2.75, 3.05) is 43.1 Å². The molecule has 1 fully saturated rings. The molecular weight excluding hydrogens is 317 g/mol. The van der Waals surface area contributed by atoms with E-state index >= 15 is 0 Å². The number of halogens is 3. The summed E-state index contributed by atoms with van der Waals surface area (Å²) in [7, 11) is 0. The molecule has 23 heavy (non-hydrogen) atoms. The molecule has 0 aliphatic carbocycles. The first-order valence-electron chi connectivity index (χ1n) is 6.80. The van der Waals surface area contributed by atoms with Gasteiger partial charge in [0.1, 0.15) is 5.82 Å². The number of hydrogen-bond donors (Lipinski definition) is 2. The molecule has 2 amide bonds. The summed E-state index contributed by atoms with van der Waals surface area (Å²) in [5.74, 6) is -2.21. The van der Waals surface area contributed by atoms with E-state index in [4.69, 9.17) is 4.74 Å². The molecule has 10 heteroatoms. The van der Waals surface area contributed by atoms with Crippen LogP contribution in [0.25, 0.3) is 0 Å². The highest BCUT2D eigenvalue weighted by atomic mass is 19.4. The fraction of sp³-hybridized carbons (Fsp3) is 0.462. The summed E-state index contributed by atoms with van der Waals surface area (Å²) in [5, 5.41) is 3.84. The summed E-state index contributed by atoms with van der Waals surface area (Å²) in [4.78, 5) is 28.3. The number of carbonyl (C=O) groups is 2. The van der Waals surface area contributed by atoms with Crippen molar-refractivity contribution in [3.05, 3.63) is 18.3 Å². The molecule has 0 spiro atoms. The van der Waals surface area contributed by atoms with Crippen molar-refractivity contribution in [3.63, 3.8) is 0 Å². The zero-order valence-electron chi connectivity index (χ0n) is 12.0. The van der Waals surface area contributed by atoms with E-state index in [0.717, 1.165) is 5.82 Å². The van der Waals surface area contributed by atoms with Crippen LogP contribution in [0.5, 0.6) is 0 Å². The molecule has 1 aromatic heterocycles. The molecule has 2 rings (SSSR count). The van der Waals surface area contributed by atoms with Gasteiger partial charge in [-0.1, -0.05) is 0 Å². The number of carbonyl (C=O) groups excluding carboxylic acids is 2. The SMILES string of the molecule is O=C(CNC(=O)C(F)(F)F)Nc1ccc(N2CCOCC2)nc1. The van der Waals surface area contributed by atoms with E-state index < -0.39 is 24.5 Å². The minimum atomic E-state index is -5.01. The first-order chi connectivity index (χ1) is 10.9. The molecule has 1 aromatic rings. The van der Waals surface area contributed by atoms with Gasteiger partial charge in [0.15, 0.2) is 0 Å². The van der Waals surface area contributed by atoms with Gasteiger partial charge in [-0.15, -0.1) is 0 Å². The van der Waals surface area contributed by atoms with Crippen LogP contribution >= 0.6 is 0 Å². The van der Waals surface area contributed by atoms with E-state index in [2.05, 4.69) is 10.3 Å². The summed E-state index contributed by atoms with van der Waals surface area (Å²) >= 11 is 0. The number of nitrogens with zero attached hydrogens (tertiary/aromatic N) is 2. The van der Waals surface area contributed by atoms with E-state index in [9.17, 15) is 22.8 Å². The number of morpholine rings is 1. The fourth-order valence-corrected chi connectivity index (χ4v) is 1.91. The largest absolute Gasteiger partial charge is 0.471 e. The minimum absolute atomic E-state index is 0.327. The van der Waals surface area contributed by atoms with Crippen LogP contribution < -0.4 is 15.5 Å². The van der Waals surface area contributed by atoms with Crippen molar-refractivity contribution < 1.29 is 27.5 Å². The van der Waals surface area contributed by atoms with Crippen LogP contribution in [-0.2, 0) is 14.3 Å². The number of hydrogen-bond acceptors (Lipinski definition) is 5. The smallest absolute Gasteiger partial charge is 0.378 e. The zero-order chi connectivity index (χ0) is 16.9. The zero-order valence-corrected chi connectivity index (χ0v) is 12.0. The van der Waals surface area contributed by atoms with Gasteiger partial charge in [0, 0.05) is 13.1 Å². The van der Waals surface area contributed by atoms with Gasteiger partial charge < -0.3 is 20.3 Å². The van der Waals surface area contributed by atoms with Crippen molar-refractivity contribution in [1.29, 1.82) is 0 Å². The van der Waals surface area contributed by atoms with Crippen LogP contribution in [0.1, 0.15) is 0 Å². The highest BCUT2D eigenvalue weighted by molar-refractivity contribution is 5.95. The van der Waals surface area contributed by atoms with E-state index in [0.29, 0.717) is 32.0 Å². The molecule has 0 aromatic carbocycles. The number of aromatic nitrogens is 1. The van der Waals surface area contributed by atoms with Crippen LogP contribution in [0.2, 0.25) is 0 Å². The third-order valence-electron chi connectivity index (χ3n) is 3.03. The predicted molar refractivity (Wildman–Crippen MR) is 75.0 cm³/mol. The van der Waals surface area contributed by atoms with Crippen LogP contribution in [-0.4, -0.2) is 55.8 Å². The first kappa shape index (κ1) is 17.0. The van der Waals surface area contributed by atoms with Gasteiger partial charge >= 0.3 is 12.1 Å². The van der Waals surface area contributed by atoms with E-state index in [1.165, 1.54) is 11.5 Å². The van der Waals surface area contributed by atoms with Gasteiger partial charge in [-0.25, -0.2) is 4.98 Å². The number of ether oxygens (including phenoxy) is 1. The van der Waals surface area contributed by atoms with Gasteiger partial charge in [0.2, 0.25) is 5.91 Å². The van der Waals surface area contributed by atoms with E-state index in [-0.39, 0.29) is 0 Å². The maximum atomic E-state index is 12.0. The number of anilines is 2. The molecule has 1 saturated heterocycles. The molecular formula is C13H15F3N4O3. The second-order valence-electron chi connectivity index (χ2n) is 4.73. The van der Waals surface area contributed by atoms with Crippen LogP contribution in [0.3, 0.4) is 0 Å². The van der Waals surface area contributed by atoms with Gasteiger partial charge in [0.05, 0.1) is 31.6 Å². The van der Waals surface area contributed by atoms with Crippen molar-refractivity contribution in [1.82, 2.24) is 10.3 Å². The maximum absolute atomic E-state index is 12.0. The van der Waals surface area contributed by atoms with Crippen LogP contribution in [0.15, 0.2) is 18.3 Å². The number of nitrogens with one attached hydrogen (secondary N) is 2. The Morgan fingerprint density at radius 3 is 2.52 bits per heavy atom. The lowest BCUT2D eigenvalue weighted by molar-refractivity contribution is -0.173. The highest BCUT2D eigenvalue weighted by Gasteiger charge is 2.38. The summed E-state index contributed by atoms with van der Waals surface area (Å²) < 4.78 is 41.2. The molecule has 0 radical (unpaired) electrons. The summed E-state index contributed by atoms with van der Waals surface area (Å²) in [6.45, 7) is 1.87. The lowest BCUT2D eigenvalue weighted by atomic mass is 10.3. The van der Waals surface area contributed by atoms with Gasteiger partial charge in [0.25, 0.3) is 0 Å². The Labute approximate surface area is 129 Å². The average Bonchev–Trinajstić information content (AvgIpc) is 2.53. The van der Waals surface area contributed by atoms with Gasteiger partial charge in [-0.2, -0.15) is 13.2 Å². The standard InChI is InChI=1S/C13H15F3N4O3/c14-13(15,16)12(22)18-8-11(21)19-9-1-2-10(17-7-9)20-3-5-23-6-4-20/h1-2,7H,3-6,8H2,(H,18,22)(H,19,21). The molecule has 7 nitrogen and oxygen atoms in total. The Kier molecular flexibility index (Phi) is 5.37. The Bertz CT molecular complexity index is 557. The summed E-state index contributed by atoms with van der Waals surface area (Å²) in [6.07, 6.45) is -3.62. The second kappa shape index (κ2) is 7.27. The average molecular weight is 332 g/mol. The van der Waals surface area contributed by atoms with Crippen LogP contribution in [0, 0.1) is 0 Å². The number of alkyl halides is 3. The Morgan fingerprint density at radius 2 is 1.96 bits per heavy atom. The quantitative estimate of drug-likeness (QED) is 0.841. The molecule has 1 aliphatic rings. The number of rotatable bonds is 4. The summed E-state index contributed by atoms with van der Waals surface area (Å²) in [5.41, 5.74) is 0.327. The summed E-state index contributed by atoms with van der Waals surface area (Å²) in [6, 6.07) is 3.27. The Hall–Kier alpha value is -2.36. The number of pyridine rings is 1. The van der Waals surface area contributed by atoms with Crippen molar-refractivity contribution in [2.24, 2.45) is 0 Å². The number of amides is 2. The molecule has 1 aliphatic heterocycles. The minimum Gasteiger partial charge on any atom is -0.378 e. The molecule has 2 heterocycles. The van der Waals surface area contributed by atoms with Gasteiger partial charge in [-0.05, 0) is 12.1 Å². The lowest BCUT2D eigenvalue weighted by Crippen LogP contribution is -2.41. The maximum Gasteiger partial charge on any atom is 0.471 e. The molecule has 0 atom stereocenters. The second-order valence-corrected chi connectivity index (χ2v) is 4.73. The highest BCUT2D eigenvalue weighted by Crippen LogP contribution is 2.16. The van der Waals surface area contributed by atoms with E-state index in [1.54, 1.807) is 12.1 Å². The molecule has 2 N–H and O–H groups in total. The Morgan fingerprint density at radius 1 is 1.26 bits per heavy atom. The third-order valence-corrected chi connectivity index (χ3v) is 3.03. The normalized spacial score (nSPS) is 15.2. The van der Waals surface area contributed by atoms with Crippen LogP contribution in [0.4, 0.5) is 24.7 Å². The predicted octanol–water partition coefficient (Wildman–Crippen LogP) is 0.535. The molecule has 0 bridgehead atoms. The van der Waals surface area contributed by atoms with E-state index in [1.807, 2.05) is 4.90 Å².